The van der Waals surface area contributed by atoms with Gasteiger partial charge < -0.3 is 14.8 Å². The fourth-order valence-electron chi connectivity index (χ4n) is 3.89. The van der Waals surface area contributed by atoms with Gasteiger partial charge in [0.2, 0.25) is 5.91 Å². The van der Waals surface area contributed by atoms with E-state index in [4.69, 9.17) is 21.1 Å². The molecule has 0 spiro atoms. The summed E-state index contributed by atoms with van der Waals surface area (Å²) >= 11 is 7.29. The molecule has 0 radical (unpaired) electrons. The second-order valence-electron chi connectivity index (χ2n) is 7.97. The first kappa shape index (κ1) is 24.9. The van der Waals surface area contributed by atoms with E-state index >= 15 is 0 Å². The molecular weight excluding hydrogens is 488 g/mol. The third-order valence-electron chi connectivity index (χ3n) is 5.65. The van der Waals surface area contributed by atoms with E-state index in [0.717, 1.165) is 11.1 Å². The molecule has 0 bridgehead atoms. The maximum Gasteiger partial charge on any atom is 0.355 e. The number of methoxy groups -OCH3 is 1. The highest BCUT2D eigenvalue weighted by Crippen LogP contribution is 2.41. The van der Waals surface area contributed by atoms with Crippen molar-refractivity contribution in [2.45, 2.75) is 24.4 Å². The van der Waals surface area contributed by atoms with Gasteiger partial charge in [-0.2, -0.15) is 0 Å². The van der Waals surface area contributed by atoms with E-state index in [-0.39, 0.29) is 41.8 Å². The fraction of sp³-hybridized carbons (Fsp3) is 0.269. The predicted octanol–water partition coefficient (Wildman–Crippen LogP) is 3.43. The largest absolute Gasteiger partial charge is 0.497 e. The summed E-state index contributed by atoms with van der Waals surface area (Å²) in [6.45, 7) is 0.0515. The zero-order chi connectivity index (χ0) is 24.8. The Balaban J connectivity index is 1.46. The number of β-lactam (4-membered cyclic amide) rings is 1. The van der Waals surface area contributed by atoms with Gasteiger partial charge in [-0.3, -0.25) is 14.5 Å². The Morgan fingerprint density at radius 1 is 1.14 bits per heavy atom. The topological polar surface area (TPSA) is 84.9 Å². The van der Waals surface area contributed by atoms with Crippen LogP contribution in [0.1, 0.15) is 11.1 Å². The summed E-state index contributed by atoms with van der Waals surface area (Å²) in [7, 11) is 1.58. The van der Waals surface area contributed by atoms with Crippen LogP contribution in [0.2, 0.25) is 0 Å². The minimum absolute atomic E-state index is 0.0515. The third kappa shape index (κ3) is 5.71. The number of carbonyl (C=O) groups excluding carboxylic acids is 3. The molecule has 9 heteroatoms. The van der Waals surface area contributed by atoms with Crippen molar-refractivity contribution in [2.24, 2.45) is 0 Å². The molecule has 2 aliphatic rings. The van der Waals surface area contributed by atoms with Crippen molar-refractivity contribution in [3.8, 4) is 5.75 Å². The number of alkyl halides is 1. The maximum absolute atomic E-state index is 13.1. The average molecular weight is 513 g/mol. The maximum atomic E-state index is 13.1. The van der Waals surface area contributed by atoms with Crippen LogP contribution in [0.25, 0.3) is 0 Å². The minimum Gasteiger partial charge on any atom is -0.497 e. The van der Waals surface area contributed by atoms with Crippen LogP contribution >= 0.6 is 23.4 Å². The van der Waals surface area contributed by atoms with Crippen molar-refractivity contribution in [3.05, 3.63) is 89.1 Å². The molecule has 35 heavy (non-hydrogen) atoms. The molecule has 1 fully saturated rings. The lowest BCUT2D eigenvalue weighted by Crippen LogP contribution is -2.70. The quantitative estimate of drug-likeness (QED) is 0.315. The van der Waals surface area contributed by atoms with E-state index in [1.165, 1.54) is 16.7 Å². The minimum atomic E-state index is -0.695. The van der Waals surface area contributed by atoms with Crippen LogP contribution in [-0.2, 0) is 32.1 Å². The number of esters is 1. The van der Waals surface area contributed by atoms with Crippen molar-refractivity contribution < 1.29 is 23.9 Å². The van der Waals surface area contributed by atoms with Gasteiger partial charge >= 0.3 is 5.97 Å². The first-order chi connectivity index (χ1) is 17.0. The predicted molar refractivity (Wildman–Crippen MR) is 135 cm³/mol. The van der Waals surface area contributed by atoms with Crippen LogP contribution in [0.15, 0.2) is 78.0 Å². The van der Waals surface area contributed by atoms with Gasteiger partial charge in [0.25, 0.3) is 5.91 Å². The highest BCUT2D eigenvalue weighted by molar-refractivity contribution is 8.00. The number of ether oxygens (including phenoxy) is 2. The molecule has 1 N–H and O–H groups in total. The van der Waals surface area contributed by atoms with E-state index in [1.54, 1.807) is 43.5 Å². The Kier molecular flexibility index (Phi) is 8.15. The van der Waals surface area contributed by atoms with Crippen LogP contribution in [0, 0.1) is 0 Å². The van der Waals surface area contributed by atoms with Crippen molar-refractivity contribution in [1.82, 2.24) is 10.2 Å². The van der Waals surface area contributed by atoms with Gasteiger partial charge in [0.15, 0.2) is 0 Å². The number of hydrogen-bond donors (Lipinski definition) is 1. The second-order valence-corrected chi connectivity index (χ2v) is 9.39. The third-order valence-corrected chi connectivity index (χ3v) is 7.13. The van der Waals surface area contributed by atoms with Gasteiger partial charge in [0.1, 0.15) is 29.5 Å². The van der Waals surface area contributed by atoms with Crippen molar-refractivity contribution in [3.63, 3.8) is 0 Å². The van der Waals surface area contributed by atoms with Crippen LogP contribution in [-0.4, -0.2) is 52.8 Å². The number of nitrogens with one attached hydrogen (secondary N) is 1. The van der Waals surface area contributed by atoms with Crippen LogP contribution in [0.4, 0.5) is 0 Å². The normalized spacial score (nSPS) is 19.3. The molecule has 182 valence electrons. The molecule has 4 rings (SSSR count). The fourth-order valence-corrected chi connectivity index (χ4v) is 5.30. The lowest BCUT2D eigenvalue weighted by molar-refractivity contribution is -0.153. The Morgan fingerprint density at radius 3 is 2.57 bits per heavy atom. The average Bonchev–Trinajstić information content (AvgIpc) is 2.89. The number of amides is 2. The first-order valence-electron chi connectivity index (χ1n) is 11.1. The number of fused-ring (bicyclic) bond motifs is 1. The van der Waals surface area contributed by atoms with Gasteiger partial charge in [-0.05, 0) is 28.8 Å². The molecule has 2 aliphatic heterocycles. The van der Waals surface area contributed by atoms with Crippen molar-refractivity contribution in [2.75, 3.05) is 18.7 Å². The van der Waals surface area contributed by atoms with Gasteiger partial charge in [0.05, 0.1) is 13.5 Å². The molecule has 2 atom stereocenters. The first-order valence-corrected chi connectivity index (χ1v) is 12.6. The monoisotopic (exact) mass is 512 g/mol. The molecule has 7 nitrogen and oxygen atoms in total. The summed E-state index contributed by atoms with van der Waals surface area (Å²) in [6.07, 6.45) is 3.64. The summed E-state index contributed by atoms with van der Waals surface area (Å²) < 4.78 is 10.7. The second kappa shape index (κ2) is 11.5. The summed E-state index contributed by atoms with van der Waals surface area (Å²) in [5, 5.41) is 2.45. The number of nitrogens with zero attached hydrogens (tertiary/aromatic N) is 1. The number of rotatable bonds is 9. The number of carbonyl (C=O) groups is 3. The van der Waals surface area contributed by atoms with E-state index in [0.29, 0.717) is 17.1 Å². The van der Waals surface area contributed by atoms with E-state index in [2.05, 4.69) is 5.32 Å². The molecule has 0 saturated carbocycles. The number of allylic oxidation sites excluding steroid dienone is 2. The smallest absolute Gasteiger partial charge is 0.355 e. The molecule has 2 heterocycles. The molecule has 1 unspecified atom stereocenters. The van der Waals surface area contributed by atoms with E-state index < -0.39 is 12.0 Å². The summed E-state index contributed by atoms with van der Waals surface area (Å²) in [4.78, 5) is 40.1. The van der Waals surface area contributed by atoms with Crippen molar-refractivity contribution in [1.29, 1.82) is 0 Å². The Bertz CT molecular complexity index is 1150. The van der Waals surface area contributed by atoms with E-state index in [9.17, 15) is 14.4 Å². The molecule has 2 amide bonds. The number of halogens is 1. The highest BCUT2D eigenvalue weighted by atomic mass is 35.5. The summed E-state index contributed by atoms with van der Waals surface area (Å²) in [5.41, 5.74) is 2.51. The van der Waals surface area contributed by atoms with Gasteiger partial charge in [-0.25, -0.2) is 4.79 Å². The van der Waals surface area contributed by atoms with E-state index in [1.807, 2.05) is 30.3 Å². The molecule has 2 aromatic rings. The van der Waals surface area contributed by atoms with Crippen LogP contribution in [0.3, 0.4) is 0 Å². The van der Waals surface area contributed by atoms with Crippen LogP contribution < -0.4 is 10.1 Å². The number of hydrogen-bond acceptors (Lipinski definition) is 6. The Labute approximate surface area is 213 Å². The summed E-state index contributed by atoms with van der Waals surface area (Å²) in [5.74, 6) is 0.294. The van der Waals surface area contributed by atoms with Crippen LogP contribution in [0.5, 0.6) is 5.75 Å². The van der Waals surface area contributed by atoms with Gasteiger partial charge in [-0.15, -0.1) is 23.4 Å². The molecule has 1 saturated heterocycles. The lowest BCUT2D eigenvalue weighted by atomic mass is 10.0. The standard InChI is InChI=1S/C26H25ClN2O5S/c1-33-20-11-9-18(10-12-20)15-34-26(32)23-19(8-5-13-27)16-35-25-22(24(31)29(23)25)28-21(30)14-17-6-3-2-4-7-17/h2-12,22,25H,13-16H2,1H3,(H,28,30)/b8-5-/t22-,25?/m1/s1. The Hall–Kier alpha value is -3.23. The van der Waals surface area contributed by atoms with Gasteiger partial charge in [-0.1, -0.05) is 54.6 Å². The molecule has 2 aromatic carbocycles. The highest BCUT2D eigenvalue weighted by Gasteiger charge is 2.54. The molecular formula is C26H25ClN2O5S. The zero-order valence-corrected chi connectivity index (χ0v) is 20.7. The zero-order valence-electron chi connectivity index (χ0n) is 19.1. The molecule has 0 aromatic heterocycles. The van der Waals surface area contributed by atoms with Gasteiger partial charge in [0, 0.05) is 11.6 Å². The van der Waals surface area contributed by atoms with Crippen molar-refractivity contribution >= 4 is 41.1 Å². The Morgan fingerprint density at radius 2 is 1.89 bits per heavy atom. The number of thioether (sulfide) groups is 1. The number of benzene rings is 2. The lowest BCUT2D eigenvalue weighted by Gasteiger charge is -2.49. The summed E-state index contributed by atoms with van der Waals surface area (Å²) in [6, 6.07) is 15.8. The molecule has 0 aliphatic carbocycles. The SMILES string of the molecule is COc1ccc(COC(=O)C2=C(/C=C\CCl)CSC3[C@H](NC(=O)Cc4ccccc4)C(=O)N23)cc1.